The number of hydrogen-bond acceptors (Lipinski definition) is 4. The van der Waals surface area contributed by atoms with Gasteiger partial charge in [0.15, 0.2) is 5.54 Å². The zero-order valence-corrected chi connectivity index (χ0v) is 8.74. The highest BCUT2D eigenvalue weighted by atomic mass is 16.3. The molecule has 1 aliphatic heterocycles. The number of aromatic nitrogens is 2. The van der Waals surface area contributed by atoms with Crippen LogP contribution in [0.3, 0.4) is 0 Å². The van der Waals surface area contributed by atoms with Crippen LogP contribution in [0.2, 0.25) is 0 Å². The van der Waals surface area contributed by atoms with Crippen molar-refractivity contribution < 1.29 is 5.11 Å². The molecule has 0 amide bonds. The van der Waals surface area contributed by atoms with Crippen molar-refractivity contribution in [3.05, 3.63) is 30.2 Å². The highest BCUT2D eigenvalue weighted by molar-refractivity contribution is 5.63. The second kappa shape index (κ2) is 4.29. The quantitative estimate of drug-likeness (QED) is 0.805. The first-order valence-corrected chi connectivity index (χ1v) is 5.07. The molecule has 1 aliphatic rings. The van der Waals surface area contributed by atoms with Crippen LogP contribution in [-0.2, 0) is 12.0 Å². The number of allylic oxidation sites excluding steroid dienone is 1. The Morgan fingerprint density at radius 1 is 1.62 bits per heavy atom. The van der Waals surface area contributed by atoms with Crippen LogP contribution in [-0.4, -0.2) is 27.7 Å². The summed E-state index contributed by atoms with van der Waals surface area (Å²) >= 11 is 0. The summed E-state index contributed by atoms with van der Waals surface area (Å²) in [6.07, 6.45) is 7.84. The Labute approximate surface area is 93.3 Å². The van der Waals surface area contributed by atoms with Crippen LogP contribution in [0.5, 0.6) is 0 Å². The number of aliphatic hydroxyl groups is 1. The first-order valence-electron chi connectivity index (χ1n) is 5.07. The van der Waals surface area contributed by atoms with Crippen molar-refractivity contribution in [3.8, 4) is 6.07 Å². The Bertz CT molecular complexity index is 469. The number of hydrogen-bond donors (Lipinski definition) is 1. The maximum absolute atomic E-state index is 9.26. The van der Waals surface area contributed by atoms with Crippen molar-refractivity contribution in [2.75, 3.05) is 6.61 Å². The van der Waals surface area contributed by atoms with E-state index in [0.29, 0.717) is 12.8 Å². The van der Waals surface area contributed by atoms with Gasteiger partial charge >= 0.3 is 0 Å². The first-order chi connectivity index (χ1) is 7.80. The molecule has 0 aliphatic carbocycles. The molecule has 1 unspecified atom stereocenters. The molecule has 0 spiro atoms. The number of nitrogens with zero attached hydrogens (tertiary/aromatic N) is 4. The third-order valence-electron chi connectivity index (χ3n) is 2.56. The zero-order valence-electron chi connectivity index (χ0n) is 8.74. The molecule has 5 heteroatoms. The molecule has 1 atom stereocenters. The molecular formula is C11H12N4O. The summed E-state index contributed by atoms with van der Waals surface area (Å²) in [6.45, 7) is 0.0634. The largest absolute Gasteiger partial charge is 0.396 e. The summed E-state index contributed by atoms with van der Waals surface area (Å²) in [4.78, 5) is 3.95. The average Bonchev–Trinajstić information content (AvgIpc) is 2.80. The van der Waals surface area contributed by atoms with Crippen molar-refractivity contribution in [2.45, 2.75) is 18.4 Å². The zero-order chi connectivity index (χ0) is 11.4. The lowest BCUT2D eigenvalue weighted by atomic mass is 9.97. The summed E-state index contributed by atoms with van der Waals surface area (Å²) in [6, 6.07) is 4.06. The number of aliphatic imine (C=N–C) groups is 1. The maximum atomic E-state index is 9.26. The molecule has 1 N–H and O–H groups in total. The van der Waals surface area contributed by atoms with Gasteiger partial charge in [-0.1, -0.05) is 0 Å². The van der Waals surface area contributed by atoms with Crippen molar-refractivity contribution in [1.82, 2.24) is 9.78 Å². The lowest BCUT2D eigenvalue weighted by Crippen LogP contribution is -2.32. The fourth-order valence-corrected chi connectivity index (χ4v) is 1.62. The monoisotopic (exact) mass is 216 g/mol. The fourth-order valence-electron chi connectivity index (χ4n) is 1.62. The van der Waals surface area contributed by atoms with Gasteiger partial charge in [0, 0.05) is 38.1 Å². The highest BCUT2D eigenvalue weighted by Gasteiger charge is 2.30. The molecule has 2 heterocycles. The van der Waals surface area contributed by atoms with E-state index < -0.39 is 5.54 Å². The molecule has 0 saturated carbocycles. The molecule has 1 aromatic heterocycles. The number of aliphatic hydroxyl groups excluding tert-OH is 1. The Kier molecular flexibility index (Phi) is 2.84. The van der Waals surface area contributed by atoms with E-state index in [1.165, 1.54) is 0 Å². The van der Waals surface area contributed by atoms with E-state index in [1.54, 1.807) is 29.4 Å². The fraction of sp³-hybridized carbons (Fsp3) is 0.364. The van der Waals surface area contributed by atoms with Crippen molar-refractivity contribution >= 4 is 6.21 Å². The molecule has 0 radical (unpaired) electrons. The SMILES string of the molecule is N#CC1(n2ccc(CCO)n2)C=CN=CC1. The van der Waals surface area contributed by atoms with Gasteiger partial charge < -0.3 is 5.11 Å². The van der Waals surface area contributed by atoms with Crippen LogP contribution in [0, 0.1) is 11.3 Å². The van der Waals surface area contributed by atoms with Gasteiger partial charge in [-0.05, 0) is 12.1 Å². The van der Waals surface area contributed by atoms with Crippen LogP contribution in [0.15, 0.2) is 29.5 Å². The Hall–Kier alpha value is -1.93. The normalized spacial score (nSPS) is 23.2. The minimum absolute atomic E-state index is 0.0634. The predicted molar refractivity (Wildman–Crippen MR) is 58.9 cm³/mol. The van der Waals surface area contributed by atoms with Crippen LogP contribution in [0.25, 0.3) is 0 Å². The van der Waals surface area contributed by atoms with Gasteiger partial charge in [-0.3, -0.25) is 4.99 Å². The average molecular weight is 216 g/mol. The van der Waals surface area contributed by atoms with E-state index in [2.05, 4.69) is 16.2 Å². The molecule has 0 fully saturated rings. The predicted octanol–water partition coefficient (Wildman–Crippen LogP) is 0.625. The van der Waals surface area contributed by atoms with E-state index in [-0.39, 0.29) is 6.61 Å². The lowest BCUT2D eigenvalue weighted by Gasteiger charge is -2.23. The molecule has 0 aromatic carbocycles. The third-order valence-corrected chi connectivity index (χ3v) is 2.56. The van der Waals surface area contributed by atoms with Gasteiger partial charge in [0.2, 0.25) is 0 Å². The molecule has 0 bridgehead atoms. The highest BCUT2D eigenvalue weighted by Crippen LogP contribution is 2.23. The standard InChI is InChI=1S/C11H12N4O/c12-9-11(3-5-13-6-4-11)15-7-1-10(14-15)2-8-16/h1,3,5-7,16H,2,4,8H2. The summed E-state index contributed by atoms with van der Waals surface area (Å²) in [5.74, 6) is 0. The molecule has 2 rings (SSSR count). The van der Waals surface area contributed by atoms with E-state index in [9.17, 15) is 5.26 Å². The molecule has 1 aromatic rings. The van der Waals surface area contributed by atoms with E-state index in [1.807, 2.05) is 6.07 Å². The second-order valence-corrected chi connectivity index (χ2v) is 3.61. The summed E-state index contributed by atoms with van der Waals surface area (Å²) in [5.41, 5.74) is 0.0168. The van der Waals surface area contributed by atoms with Gasteiger partial charge in [0.1, 0.15) is 0 Å². The van der Waals surface area contributed by atoms with Crippen molar-refractivity contribution in [1.29, 1.82) is 5.26 Å². The minimum atomic E-state index is -0.768. The summed E-state index contributed by atoms with van der Waals surface area (Å²) < 4.78 is 1.62. The third kappa shape index (κ3) is 1.75. The van der Waals surface area contributed by atoms with Crippen molar-refractivity contribution in [3.63, 3.8) is 0 Å². The summed E-state index contributed by atoms with van der Waals surface area (Å²) in [5, 5.41) is 22.4. The van der Waals surface area contributed by atoms with E-state index >= 15 is 0 Å². The van der Waals surface area contributed by atoms with E-state index in [0.717, 1.165) is 5.69 Å². The Balaban J connectivity index is 2.31. The maximum Gasteiger partial charge on any atom is 0.173 e. The van der Waals surface area contributed by atoms with Crippen LogP contribution < -0.4 is 0 Å². The van der Waals surface area contributed by atoms with Gasteiger partial charge in [0.05, 0.1) is 11.8 Å². The van der Waals surface area contributed by atoms with Crippen molar-refractivity contribution in [2.24, 2.45) is 4.99 Å². The molecule has 82 valence electrons. The smallest absolute Gasteiger partial charge is 0.173 e. The van der Waals surface area contributed by atoms with Gasteiger partial charge in [0.25, 0.3) is 0 Å². The number of nitriles is 1. The number of rotatable bonds is 3. The van der Waals surface area contributed by atoms with Crippen LogP contribution >= 0.6 is 0 Å². The van der Waals surface area contributed by atoms with Gasteiger partial charge in [-0.25, -0.2) is 4.68 Å². The van der Waals surface area contributed by atoms with Crippen LogP contribution in [0.1, 0.15) is 12.1 Å². The molecule has 16 heavy (non-hydrogen) atoms. The van der Waals surface area contributed by atoms with Crippen LogP contribution in [0.4, 0.5) is 0 Å². The molecule has 0 saturated heterocycles. The topological polar surface area (TPSA) is 74.2 Å². The lowest BCUT2D eigenvalue weighted by molar-refractivity contribution is 0.297. The van der Waals surface area contributed by atoms with Gasteiger partial charge in [-0.15, -0.1) is 0 Å². The first kappa shape index (κ1) is 10.6. The van der Waals surface area contributed by atoms with E-state index in [4.69, 9.17) is 5.11 Å². The summed E-state index contributed by atoms with van der Waals surface area (Å²) in [7, 11) is 0. The minimum Gasteiger partial charge on any atom is -0.396 e. The molecular weight excluding hydrogens is 204 g/mol. The Morgan fingerprint density at radius 3 is 3.12 bits per heavy atom. The Morgan fingerprint density at radius 2 is 2.50 bits per heavy atom. The van der Waals surface area contributed by atoms with Gasteiger partial charge in [-0.2, -0.15) is 10.4 Å². The second-order valence-electron chi connectivity index (χ2n) is 3.61. The molecule has 5 nitrogen and oxygen atoms in total.